The number of carbonyl (C=O) groups is 1. The lowest BCUT2D eigenvalue weighted by atomic mass is 10.1. The molecule has 0 atom stereocenters. The molecule has 182 valence electrons. The zero-order chi connectivity index (χ0) is 24.9. The number of nitrogens with zero attached hydrogens (tertiary/aromatic N) is 1. The van der Waals surface area contributed by atoms with Crippen LogP contribution in [-0.2, 0) is 11.0 Å². The highest BCUT2D eigenvalue weighted by Gasteiger charge is 2.46. The number of rotatable bonds is 6. The summed E-state index contributed by atoms with van der Waals surface area (Å²) < 4.78 is 39.3. The Labute approximate surface area is 218 Å². The van der Waals surface area contributed by atoms with Gasteiger partial charge in [0, 0.05) is 11.3 Å². The van der Waals surface area contributed by atoms with Crippen molar-refractivity contribution in [1.29, 1.82) is 5.26 Å². The van der Waals surface area contributed by atoms with E-state index in [4.69, 9.17) is 0 Å². The van der Waals surface area contributed by atoms with Crippen LogP contribution >= 0.6 is 7.26 Å². The van der Waals surface area contributed by atoms with Gasteiger partial charge in [0.1, 0.15) is 29.3 Å². The highest BCUT2D eigenvalue weighted by molar-refractivity contribution is 7.95. The van der Waals surface area contributed by atoms with Gasteiger partial charge in [0.2, 0.25) is 0 Å². The minimum absolute atomic E-state index is 0. The molecule has 0 radical (unpaired) electrons. The van der Waals surface area contributed by atoms with Crippen molar-refractivity contribution in [1.82, 2.24) is 0 Å². The molecule has 3 nitrogen and oxygen atoms in total. The van der Waals surface area contributed by atoms with Crippen LogP contribution in [0.5, 0.6) is 0 Å². The molecule has 0 bridgehead atoms. The Morgan fingerprint density at radius 1 is 0.778 bits per heavy atom. The summed E-state index contributed by atoms with van der Waals surface area (Å²) in [5.74, 6) is -2.05. The van der Waals surface area contributed by atoms with E-state index in [1.165, 1.54) is 12.1 Å². The van der Waals surface area contributed by atoms with Crippen molar-refractivity contribution in [2.75, 3.05) is 5.32 Å². The minimum Gasteiger partial charge on any atom is -1.00 e. The van der Waals surface area contributed by atoms with Crippen molar-refractivity contribution in [2.24, 2.45) is 0 Å². The van der Waals surface area contributed by atoms with Gasteiger partial charge in [0.15, 0.2) is 0 Å². The summed E-state index contributed by atoms with van der Waals surface area (Å²) in [6, 6.07) is 35.9. The summed E-state index contributed by atoms with van der Waals surface area (Å²) in [5.41, 5.74) is 0.808. The molecule has 0 saturated carbocycles. The molecule has 4 aromatic rings. The number of benzene rings is 4. The maximum absolute atomic E-state index is 13.1. The second kappa shape index (κ2) is 11.5. The van der Waals surface area contributed by atoms with Crippen molar-refractivity contribution >= 4 is 34.8 Å². The van der Waals surface area contributed by atoms with Crippen LogP contribution in [0, 0.1) is 11.3 Å². The molecule has 0 spiro atoms. The Bertz CT molecular complexity index is 1260. The molecular weight excluding hydrogens is 548 g/mol. The standard InChI is InChI=1S/C28H20F3N2OP.BrH/c29-28(30,31)27(34)33-26-17-16-21(19-32)18-22(26)20-35(23-10-4-1-5-11-23,24-12-6-2-7-13-24)25-14-8-3-9-15-25;/h1-18H,20H2;1H. The Morgan fingerprint density at radius 2 is 1.22 bits per heavy atom. The lowest BCUT2D eigenvalue weighted by Gasteiger charge is -2.28. The number of nitriles is 1. The molecule has 0 saturated heterocycles. The van der Waals surface area contributed by atoms with Crippen molar-refractivity contribution in [2.45, 2.75) is 12.3 Å². The van der Waals surface area contributed by atoms with Gasteiger partial charge in [-0.1, -0.05) is 54.6 Å². The van der Waals surface area contributed by atoms with E-state index in [2.05, 4.69) is 6.07 Å². The molecule has 8 heteroatoms. The summed E-state index contributed by atoms with van der Waals surface area (Å²) >= 11 is 0. The molecular formula is C28H21BrF3N2OP. The third-order valence-electron chi connectivity index (χ3n) is 5.74. The first-order valence-electron chi connectivity index (χ1n) is 10.8. The topological polar surface area (TPSA) is 52.9 Å². The SMILES string of the molecule is N#Cc1ccc(NC(=O)C(F)(F)F)c(C[P+](c2ccccc2)(c2ccccc2)c2ccccc2)c1.[Br-]. The van der Waals surface area contributed by atoms with Crippen LogP contribution in [0.3, 0.4) is 0 Å². The van der Waals surface area contributed by atoms with E-state index in [-0.39, 0.29) is 22.7 Å². The molecule has 1 amide bonds. The second-order valence-corrected chi connectivity index (χ2v) is 11.4. The van der Waals surface area contributed by atoms with Gasteiger partial charge >= 0.3 is 12.1 Å². The van der Waals surface area contributed by atoms with Gasteiger partial charge in [0.25, 0.3) is 0 Å². The molecule has 0 unspecified atom stereocenters. The van der Waals surface area contributed by atoms with Gasteiger partial charge in [-0.25, -0.2) is 0 Å². The number of amides is 1. The van der Waals surface area contributed by atoms with Crippen molar-refractivity contribution in [3.8, 4) is 6.07 Å². The third kappa shape index (κ3) is 5.67. The van der Waals surface area contributed by atoms with Gasteiger partial charge in [-0.15, -0.1) is 0 Å². The van der Waals surface area contributed by atoms with E-state index >= 15 is 0 Å². The van der Waals surface area contributed by atoms with Gasteiger partial charge in [-0.3, -0.25) is 4.79 Å². The number of carbonyl (C=O) groups excluding carboxylic acids is 1. The lowest BCUT2D eigenvalue weighted by molar-refractivity contribution is -0.167. The van der Waals surface area contributed by atoms with Crippen LogP contribution in [0.25, 0.3) is 0 Å². The van der Waals surface area contributed by atoms with E-state index in [1.807, 2.05) is 96.3 Å². The molecule has 0 aliphatic heterocycles. The number of hydrogen-bond acceptors (Lipinski definition) is 2. The first-order chi connectivity index (χ1) is 16.8. The Balaban J connectivity index is 0.00000361. The molecule has 4 aromatic carbocycles. The Hall–Kier alpha value is -3.46. The zero-order valence-electron chi connectivity index (χ0n) is 18.9. The van der Waals surface area contributed by atoms with E-state index in [1.54, 1.807) is 6.07 Å². The fourth-order valence-corrected chi connectivity index (χ4v) is 8.39. The highest BCUT2D eigenvalue weighted by atomic mass is 79.9. The predicted octanol–water partition coefficient (Wildman–Crippen LogP) is 2.56. The molecule has 0 fully saturated rings. The monoisotopic (exact) mass is 568 g/mol. The fourth-order valence-electron chi connectivity index (χ4n) is 4.13. The number of alkyl halides is 3. The molecule has 0 aliphatic carbocycles. The van der Waals surface area contributed by atoms with Crippen molar-refractivity contribution in [3.63, 3.8) is 0 Å². The maximum atomic E-state index is 13.1. The molecule has 1 N–H and O–H groups in total. The zero-order valence-corrected chi connectivity index (χ0v) is 21.4. The fraction of sp³-hybridized carbons (Fsp3) is 0.0714. The van der Waals surface area contributed by atoms with Crippen LogP contribution in [0.4, 0.5) is 18.9 Å². The van der Waals surface area contributed by atoms with E-state index < -0.39 is 19.3 Å². The van der Waals surface area contributed by atoms with Crippen LogP contribution in [0.15, 0.2) is 109 Å². The number of anilines is 1. The number of halogens is 4. The summed E-state index contributed by atoms with van der Waals surface area (Å²) in [4.78, 5) is 11.8. The molecule has 0 aliphatic rings. The molecule has 4 rings (SSSR count). The lowest BCUT2D eigenvalue weighted by Crippen LogP contribution is -3.00. The quantitative estimate of drug-likeness (QED) is 0.363. The Morgan fingerprint density at radius 3 is 1.61 bits per heavy atom. The minimum atomic E-state index is -5.03. The normalized spacial score (nSPS) is 11.2. The Kier molecular flexibility index (Phi) is 8.68. The highest BCUT2D eigenvalue weighted by Crippen LogP contribution is 2.58. The number of hydrogen-bond donors (Lipinski definition) is 1. The van der Waals surface area contributed by atoms with E-state index in [9.17, 15) is 23.2 Å². The largest absolute Gasteiger partial charge is 1.00 e. The van der Waals surface area contributed by atoms with Crippen molar-refractivity contribution in [3.05, 3.63) is 120 Å². The third-order valence-corrected chi connectivity index (χ3v) is 10.1. The van der Waals surface area contributed by atoms with E-state index in [0.717, 1.165) is 15.9 Å². The van der Waals surface area contributed by atoms with Crippen LogP contribution in [0.2, 0.25) is 0 Å². The summed E-state index contributed by atoms with van der Waals surface area (Å²) in [7, 11) is -2.46. The van der Waals surface area contributed by atoms with Gasteiger partial charge in [-0.2, -0.15) is 18.4 Å². The average molecular weight is 569 g/mol. The summed E-state index contributed by atoms with van der Waals surface area (Å²) in [6.07, 6.45) is -4.72. The first kappa shape index (κ1) is 27.1. The molecule has 36 heavy (non-hydrogen) atoms. The average Bonchev–Trinajstić information content (AvgIpc) is 2.89. The van der Waals surface area contributed by atoms with Gasteiger partial charge < -0.3 is 22.3 Å². The maximum Gasteiger partial charge on any atom is 0.471 e. The van der Waals surface area contributed by atoms with Crippen LogP contribution in [-0.4, -0.2) is 12.1 Å². The van der Waals surface area contributed by atoms with Gasteiger partial charge in [0.05, 0.1) is 11.6 Å². The second-order valence-electron chi connectivity index (χ2n) is 7.91. The first-order valence-corrected chi connectivity index (χ1v) is 12.8. The smallest absolute Gasteiger partial charge is 0.471 e. The summed E-state index contributed by atoms with van der Waals surface area (Å²) in [6.45, 7) is 0. The van der Waals surface area contributed by atoms with Crippen LogP contribution < -0.4 is 38.2 Å². The summed E-state index contributed by atoms with van der Waals surface area (Å²) in [5, 5.41) is 14.6. The predicted molar refractivity (Wildman–Crippen MR) is 135 cm³/mol. The molecule has 0 aromatic heterocycles. The van der Waals surface area contributed by atoms with E-state index in [0.29, 0.717) is 17.3 Å². The van der Waals surface area contributed by atoms with Crippen LogP contribution in [0.1, 0.15) is 11.1 Å². The molecule has 0 heterocycles. The van der Waals surface area contributed by atoms with Gasteiger partial charge in [-0.05, 0) is 54.6 Å². The number of nitrogens with one attached hydrogen (secondary N) is 1. The van der Waals surface area contributed by atoms with Crippen molar-refractivity contribution < 1.29 is 34.9 Å².